The van der Waals surface area contributed by atoms with Gasteiger partial charge in [0.05, 0.1) is 28.3 Å². The number of fused-ring (bicyclic) bond motifs is 1. The minimum atomic E-state index is 0.318. The summed E-state index contributed by atoms with van der Waals surface area (Å²) in [5.74, 6) is 0. The van der Waals surface area contributed by atoms with Gasteiger partial charge >= 0.3 is 0 Å². The highest BCUT2D eigenvalue weighted by atomic mass is 35.5. The summed E-state index contributed by atoms with van der Waals surface area (Å²) >= 11 is 11.3. The van der Waals surface area contributed by atoms with Gasteiger partial charge in [-0.25, -0.2) is 4.98 Å². The Hall–Kier alpha value is -1.39. The van der Waals surface area contributed by atoms with Crippen LogP contribution in [0.1, 0.15) is 29.8 Å². The molecule has 0 amide bonds. The fraction of sp³-hybridized carbons (Fsp3) is 0.286. The Morgan fingerprint density at radius 2 is 2.11 bits per heavy atom. The van der Waals surface area contributed by atoms with Gasteiger partial charge in [0.1, 0.15) is 4.99 Å². The lowest BCUT2D eigenvalue weighted by molar-refractivity contribution is 0.656. The number of hydrogen-bond acceptors (Lipinski definition) is 2. The van der Waals surface area contributed by atoms with Crippen molar-refractivity contribution in [1.29, 1.82) is 0 Å². The third-order valence-electron chi connectivity index (χ3n) is 3.53. The van der Waals surface area contributed by atoms with Gasteiger partial charge in [-0.3, -0.25) is 0 Å². The fourth-order valence-corrected chi connectivity index (χ4v) is 3.18. The summed E-state index contributed by atoms with van der Waals surface area (Å²) in [6.07, 6.45) is 6.34. The van der Waals surface area contributed by atoms with Crippen LogP contribution in [0.15, 0.2) is 24.5 Å². The van der Waals surface area contributed by atoms with Crippen molar-refractivity contribution >= 4 is 28.8 Å². The Labute approximate surface area is 122 Å². The molecule has 0 fully saturated rings. The highest BCUT2D eigenvalue weighted by molar-refractivity contribution is 7.80. The second kappa shape index (κ2) is 4.94. The van der Waals surface area contributed by atoms with E-state index in [-0.39, 0.29) is 0 Å². The molecule has 1 aromatic heterocycles. The van der Waals surface area contributed by atoms with Crippen molar-refractivity contribution in [2.24, 2.45) is 5.73 Å². The van der Waals surface area contributed by atoms with E-state index >= 15 is 0 Å². The highest BCUT2D eigenvalue weighted by Crippen LogP contribution is 2.28. The van der Waals surface area contributed by atoms with E-state index in [0.717, 1.165) is 24.1 Å². The largest absolute Gasteiger partial charge is 0.389 e. The molecule has 0 atom stereocenters. The first kappa shape index (κ1) is 12.6. The fourth-order valence-electron chi connectivity index (χ4n) is 2.63. The molecule has 1 heterocycles. The van der Waals surface area contributed by atoms with E-state index in [1.165, 1.54) is 24.2 Å². The molecule has 1 aliphatic rings. The maximum absolute atomic E-state index is 6.22. The van der Waals surface area contributed by atoms with E-state index in [2.05, 4.69) is 9.55 Å². The molecule has 1 aliphatic carbocycles. The van der Waals surface area contributed by atoms with Gasteiger partial charge in [-0.1, -0.05) is 29.9 Å². The van der Waals surface area contributed by atoms with Crippen LogP contribution in [0.25, 0.3) is 5.69 Å². The Morgan fingerprint density at radius 3 is 2.89 bits per heavy atom. The van der Waals surface area contributed by atoms with Gasteiger partial charge in [0.25, 0.3) is 0 Å². The lowest BCUT2D eigenvalue weighted by Gasteiger charge is -2.17. The number of nitrogens with zero attached hydrogens (tertiary/aromatic N) is 2. The van der Waals surface area contributed by atoms with Gasteiger partial charge in [-0.2, -0.15) is 0 Å². The van der Waals surface area contributed by atoms with Crippen LogP contribution in [-0.4, -0.2) is 14.5 Å². The lowest BCUT2D eigenvalue weighted by atomic mass is 10.0. The molecule has 3 nitrogen and oxygen atoms in total. The van der Waals surface area contributed by atoms with Crippen LogP contribution in [0.5, 0.6) is 0 Å². The van der Waals surface area contributed by atoms with Crippen molar-refractivity contribution in [3.05, 3.63) is 46.5 Å². The van der Waals surface area contributed by atoms with E-state index in [4.69, 9.17) is 29.6 Å². The van der Waals surface area contributed by atoms with Crippen LogP contribution in [-0.2, 0) is 12.8 Å². The standard InChI is InChI=1S/C14H14ClN3S/c15-9-4-3-7-12(13(9)14(16)19)18-8-17-10-5-1-2-6-11(10)18/h3-4,7-8H,1-2,5-6H2,(H2,16,19). The van der Waals surface area contributed by atoms with Crippen molar-refractivity contribution in [2.45, 2.75) is 25.7 Å². The summed E-state index contributed by atoms with van der Waals surface area (Å²) < 4.78 is 2.08. The lowest BCUT2D eigenvalue weighted by Crippen LogP contribution is -2.15. The molecule has 98 valence electrons. The van der Waals surface area contributed by atoms with E-state index < -0.39 is 0 Å². The summed E-state index contributed by atoms with van der Waals surface area (Å²) in [4.78, 5) is 4.82. The third kappa shape index (κ3) is 2.15. The molecule has 0 saturated carbocycles. The first-order valence-electron chi connectivity index (χ1n) is 6.32. The zero-order chi connectivity index (χ0) is 13.4. The topological polar surface area (TPSA) is 43.8 Å². The molecular formula is C14H14ClN3S. The van der Waals surface area contributed by atoms with Crippen molar-refractivity contribution < 1.29 is 0 Å². The molecule has 0 bridgehead atoms. The Kier molecular flexibility index (Phi) is 3.29. The smallest absolute Gasteiger partial charge is 0.107 e. The Morgan fingerprint density at radius 1 is 1.32 bits per heavy atom. The number of aryl methyl sites for hydroxylation is 1. The summed E-state index contributed by atoms with van der Waals surface area (Å²) in [6, 6.07) is 5.70. The second-order valence-electron chi connectivity index (χ2n) is 4.71. The zero-order valence-corrected chi connectivity index (χ0v) is 12.0. The molecule has 0 radical (unpaired) electrons. The highest BCUT2D eigenvalue weighted by Gasteiger charge is 2.19. The monoisotopic (exact) mass is 291 g/mol. The van der Waals surface area contributed by atoms with Crippen LogP contribution < -0.4 is 5.73 Å². The third-order valence-corrected chi connectivity index (χ3v) is 4.05. The molecule has 0 saturated heterocycles. The number of benzene rings is 1. The molecule has 0 aliphatic heterocycles. The van der Waals surface area contributed by atoms with Crippen molar-refractivity contribution in [3.63, 3.8) is 0 Å². The first-order chi connectivity index (χ1) is 9.18. The Bertz CT molecular complexity index is 648. The number of rotatable bonds is 2. The molecule has 19 heavy (non-hydrogen) atoms. The SMILES string of the molecule is NC(=S)c1c(Cl)cccc1-n1cnc2c1CCCC2. The number of hydrogen-bond donors (Lipinski definition) is 1. The number of nitrogens with two attached hydrogens (primary N) is 1. The van der Waals surface area contributed by atoms with E-state index in [0.29, 0.717) is 10.0 Å². The predicted molar refractivity (Wildman–Crippen MR) is 81.1 cm³/mol. The van der Waals surface area contributed by atoms with E-state index in [1.807, 2.05) is 24.5 Å². The summed E-state index contributed by atoms with van der Waals surface area (Å²) in [5, 5.41) is 0.586. The number of aromatic nitrogens is 2. The van der Waals surface area contributed by atoms with Crippen molar-refractivity contribution in [1.82, 2.24) is 9.55 Å². The second-order valence-corrected chi connectivity index (χ2v) is 5.56. The van der Waals surface area contributed by atoms with Crippen LogP contribution in [0.4, 0.5) is 0 Å². The van der Waals surface area contributed by atoms with Gasteiger partial charge < -0.3 is 10.3 Å². The van der Waals surface area contributed by atoms with Crippen LogP contribution in [0, 0.1) is 0 Å². The average molecular weight is 292 g/mol. The number of thiocarbonyl (C=S) groups is 1. The molecule has 5 heteroatoms. The van der Waals surface area contributed by atoms with Crippen molar-refractivity contribution in [2.75, 3.05) is 0 Å². The molecule has 0 unspecified atom stereocenters. The summed E-state index contributed by atoms with van der Waals surface area (Å²) in [6.45, 7) is 0. The molecule has 2 N–H and O–H groups in total. The first-order valence-corrected chi connectivity index (χ1v) is 7.11. The van der Waals surface area contributed by atoms with Gasteiger partial charge in [-0.05, 0) is 37.8 Å². The molecule has 0 spiro atoms. The molecule has 3 rings (SSSR count). The number of halogens is 1. The molecular weight excluding hydrogens is 278 g/mol. The normalized spacial score (nSPS) is 14.2. The predicted octanol–water partition coefficient (Wildman–Crippen LogP) is 3.04. The van der Waals surface area contributed by atoms with Crippen LogP contribution >= 0.6 is 23.8 Å². The minimum absolute atomic E-state index is 0.318. The average Bonchev–Trinajstić information content (AvgIpc) is 2.81. The zero-order valence-electron chi connectivity index (χ0n) is 10.4. The summed E-state index contributed by atoms with van der Waals surface area (Å²) in [5.41, 5.74) is 9.90. The number of imidazole rings is 1. The molecule has 2 aromatic rings. The minimum Gasteiger partial charge on any atom is -0.389 e. The van der Waals surface area contributed by atoms with Crippen LogP contribution in [0.2, 0.25) is 5.02 Å². The van der Waals surface area contributed by atoms with E-state index in [1.54, 1.807) is 0 Å². The van der Waals surface area contributed by atoms with Crippen molar-refractivity contribution in [3.8, 4) is 5.69 Å². The molecule has 1 aromatic carbocycles. The Balaban J connectivity index is 2.20. The maximum Gasteiger partial charge on any atom is 0.107 e. The van der Waals surface area contributed by atoms with Gasteiger partial charge in [0.15, 0.2) is 0 Å². The van der Waals surface area contributed by atoms with Gasteiger partial charge in [-0.15, -0.1) is 0 Å². The van der Waals surface area contributed by atoms with Crippen LogP contribution in [0.3, 0.4) is 0 Å². The quantitative estimate of drug-likeness (QED) is 0.865. The van der Waals surface area contributed by atoms with Gasteiger partial charge in [0, 0.05) is 5.69 Å². The van der Waals surface area contributed by atoms with E-state index in [9.17, 15) is 0 Å². The van der Waals surface area contributed by atoms with Gasteiger partial charge in [0.2, 0.25) is 0 Å². The summed E-state index contributed by atoms with van der Waals surface area (Å²) in [7, 11) is 0. The maximum atomic E-state index is 6.22.